The zero-order valence-electron chi connectivity index (χ0n) is 11.7. The summed E-state index contributed by atoms with van der Waals surface area (Å²) in [6.07, 6.45) is 1.82. The molecule has 6 nitrogen and oxygen atoms in total. The van der Waals surface area contributed by atoms with E-state index in [0.29, 0.717) is 6.54 Å². The summed E-state index contributed by atoms with van der Waals surface area (Å²) in [4.78, 5) is 35.9. The van der Waals surface area contributed by atoms with Gasteiger partial charge in [-0.15, -0.1) is 0 Å². The summed E-state index contributed by atoms with van der Waals surface area (Å²) in [5.74, 6) is -1.37. The van der Waals surface area contributed by atoms with Crippen molar-refractivity contribution in [2.45, 2.75) is 52.5 Å². The van der Waals surface area contributed by atoms with E-state index in [1.54, 1.807) is 18.7 Å². The van der Waals surface area contributed by atoms with E-state index < -0.39 is 17.3 Å². The largest absolute Gasteiger partial charge is 0.481 e. The minimum Gasteiger partial charge on any atom is -0.481 e. The summed E-state index contributed by atoms with van der Waals surface area (Å²) in [6.45, 7) is 6.01. The molecule has 0 aromatic carbocycles. The Morgan fingerprint density at radius 2 is 1.95 bits per heavy atom. The Labute approximate surface area is 113 Å². The Hall–Kier alpha value is -1.59. The van der Waals surface area contributed by atoms with E-state index in [1.165, 1.54) is 0 Å². The van der Waals surface area contributed by atoms with Gasteiger partial charge in [0, 0.05) is 19.0 Å². The standard InChI is InChI=1S/C13H22N2O4/c1-9-5-4-6-15(9)12(19)14-10(16)7-13(2,3)8-11(17)18/h9H,4-8H2,1-3H3,(H,17,18)(H,14,16,19). The summed E-state index contributed by atoms with van der Waals surface area (Å²) in [5, 5.41) is 11.1. The second kappa shape index (κ2) is 6.04. The maximum Gasteiger partial charge on any atom is 0.324 e. The van der Waals surface area contributed by atoms with Crippen LogP contribution in [0.1, 0.15) is 46.5 Å². The summed E-state index contributed by atoms with van der Waals surface area (Å²) in [6, 6.07) is -0.221. The fraction of sp³-hybridized carbons (Fsp3) is 0.769. The number of hydrogen-bond acceptors (Lipinski definition) is 3. The number of imide groups is 1. The van der Waals surface area contributed by atoms with Crippen LogP contribution in [0, 0.1) is 5.41 Å². The van der Waals surface area contributed by atoms with Crippen molar-refractivity contribution in [2.75, 3.05) is 6.54 Å². The van der Waals surface area contributed by atoms with Gasteiger partial charge < -0.3 is 10.0 Å². The predicted molar refractivity (Wildman–Crippen MR) is 69.6 cm³/mol. The number of amides is 3. The smallest absolute Gasteiger partial charge is 0.324 e. The highest BCUT2D eigenvalue weighted by Gasteiger charge is 2.29. The van der Waals surface area contributed by atoms with Gasteiger partial charge in [0.1, 0.15) is 0 Å². The van der Waals surface area contributed by atoms with Crippen molar-refractivity contribution in [1.29, 1.82) is 0 Å². The van der Waals surface area contributed by atoms with E-state index in [2.05, 4.69) is 5.32 Å². The minimum atomic E-state index is -0.947. The first-order valence-electron chi connectivity index (χ1n) is 6.53. The maximum absolute atomic E-state index is 11.9. The molecule has 0 aromatic rings. The topological polar surface area (TPSA) is 86.7 Å². The van der Waals surface area contributed by atoms with E-state index in [1.807, 2.05) is 6.92 Å². The van der Waals surface area contributed by atoms with Crippen LogP contribution in [0.2, 0.25) is 0 Å². The van der Waals surface area contributed by atoms with Crippen LogP contribution in [0.5, 0.6) is 0 Å². The molecule has 6 heteroatoms. The third-order valence-electron chi connectivity index (χ3n) is 3.33. The average molecular weight is 270 g/mol. The van der Waals surface area contributed by atoms with E-state index in [0.717, 1.165) is 12.8 Å². The molecule has 19 heavy (non-hydrogen) atoms. The summed E-state index contributed by atoms with van der Waals surface area (Å²) in [5.41, 5.74) is -0.660. The van der Waals surface area contributed by atoms with Crippen LogP contribution in [0.4, 0.5) is 4.79 Å². The molecule has 0 saturated carbocycles. The van der Waals surface area contributed by atoms with Gasteiger partial charge in [-0.05, 0) is 25.2 Å². The van der Waals surface area contributed by atoms with Crippen LogP contribution >= 0.6 is 0 Å². The zero-order valence-corrected chi connectivity index (χ0v) is 11.7. The molecule has 1 saturated heterocycles. The maximum atomic E-state index is 11.9. The third kappa shape index (κ3) is 4.89. The van der Waals surface area contributed by atoms with E-state index >= 15 is 0 Å². The number of nitrogens with one attached hydrogen (secondary N) is 1. The monoisotopic (exact) mass is 270 g/mol. The number of carboxylic acid groups (broad SMARTS) is 1. The number of carboxylic acids is 1. The Morgan fingerprint density at radius 3 is 2.42 bits per heavy atom. The van der Waals surface area contributed by atoms with Gasteiger partial charge in [0.15, 0.2) is 0 Å². The SMILES string of the molecule is CC1CCCN1C(=O)NC(=O)CC(C)(C)CC(=O)O. The molecule has 1 atom stereocenters. The minimum absolute atomic E-state index is 0.0211. The molecule has 1 heterocycles. The lowest BCUT2D eigenvalue weighted by Crippen LogP contribution is -2.45. The van der Waals surface area contributed by atoms with Gasteiger partial charge in [-0.3, -0.25) is 14.9 Å². The molecule has 1 aliphatic rings. The Kier molecular flexibility index (Phi) is 4.91. The van der Waals surface area contributed by atoms with Crippen LogP contribution in [0.3, 0.4) is 0 Å². The van der Waals surface area contributed by atoms with Crippen molar-refractivity contribution in [3.8, 4) is 0 Å². The lowest BCUT2D eigenvalue weighted by molar-refractivity contribution is -0.139. The van der Waals surface area contributed by atoms with E-state index in [-0.39, 0.29) is 24.9 Å². The van der Waals surface area contributed by atoms with Crippen molar-refractivity contribution < 1.29 is 19.5 Å². The molecular weight excluding hydrogens is 248 g/mol. The first-order chi connectivity index (χ1) is 8.71. The van der Waals surface area contributed by atoms with Gasteiger partial charge in [-0.25, -0.2) is 4.79 Å². The van der Waals surface area contributed by atoms with Crippen molar-refractivity contribution in [3.05, 3.63) is 0 Å². The highest BCUT2D eigenvalue weighted by atomic mass is 16.4. The highest BCUT2D eigenvalue weighted by molar-refractivity contribution is 5.94. The molecule has 0 aromatic heterocycles. The number of aliphatic carboxylic acids is 1. The van der Waals surface area contributed by atoms with E-state index in [9.17, 15) is 14.4 Å². The molecule has 1 rings (SSSR count). The predicted octanol–water partition coefficient (Wildman–Crippen LogP) is 1.60. The van der Waals surface area contributed by atoms with Gasteiger partial charge in [-0.2, -0.15) is 0 Å². The van der Waals surface area contributed by atoms with Crippen LogP contribution < -0.4 is 5.32 Å². The Bertz CT molecular complexity index is 379. The van der Waals surface area contributed by atoms with Crippen LogP contribution in [0.15, 0.2) is 0 Å². The first-order valence-corrected chi connectivity index (χ1v) is 6.53. The van der Waals surface area contributed by atoms with Gasteiger partial charge >= 0.3 is 12.0 Å². The number of urea groups is 1. The molecule has 1 fully saturated rings. The number of carbonyl (C=O) groups is 3. The normalized spacial score (nSPS) is 19.3. The number of hydrogen-bond donors (Lipinski definition) is 2. The zero-order chi connectivity index (χ0) is 14.6. The fourth-order valence-electron chi connectivity index (χ4n) is 2.38. The van der Waals surface area contributed by atoms with E-state index in [4.69, 9.17) is 5.11 Å². The molecule has 1 aliphatic heterocycles. The molecular formula is C13H22N2O4. The molecule has 108 valence electrons. The Morgan fingerprint density at radius 1 is 1.32 bits per heavy atom. The summed E-state index contributed by atoms with van der Waals surface area (Å²) in [7, 11) is 0. The number of carbonyl (C=O) groups excluding carboxylic acids is 2. The molecule has 0 radical (unpaired) electrons. The van der Waals surface area contributed by atoms with Gasteiger partial charge in [-0.1, -0.05) is 13.8 Å². The summed E-state index contributed by atoms with van der Waals surface area (Å²) >= 11 is 0. The fourth-order valence-corrected chi connectivity index (χ4v) is 2.38. The van der Waals surface area contributed by atoms with Crippen molar-refractivity contribution in [1.82, 2.24) is 10.2 Å². The van der Waals surface area contributed by atoms with Crippen molar-refractivity contribution in [3.63, 3.8) is 0 Å². The number of rotatable bonds is 4. The molecule has 0 aliphatic carbocycles. The quantitative estimate of drug-likeness (QED) is 0.812. The second-order valence-corrected chi connectivity index (χ2v) is 5.95. The molecule has 0 bridgehead atoms. The second-order valence-electron chi connectivity index (χ2n) is 5.95. The van der Waals surface area contributed by atoms with Crippen LogP contribution in [-0.4, -0.2) is 40.5 Å². The average Bonchev–Trinajstić information content (AvgIpc) is 2.60. The van der Waals surface area contributed by atoms with Crippen LogP contribution in [0.25, 0.3) is 0 Å². The molecule has 0 spiro atoms. The molecule has 3 amide bonds. The lowest BCUT2D eigenvalue weighted by atomic mass is 9.85. The summed E-state index contributed by atoms with van der Waals surface area (Å²) < 4.78 is 0. The number of likely N-dealkylation sites (tertiary alicyclic amines) is 1. The van der Waals surface area contributed by atoms with Crippen molar-refractivity contribution >= 4 is 17.9 Å². The molecule has 1 unspecified atom stereocenters. The van der Waals surface area contributed by atoms with Crippen LogP contribution in [-0.2, 0) is 9.59 Å². The van der Waals surface area contributed by atoms with Gasteiger partial charge in [0.2, 0.25) is 5.91 Å². The van der Waals surface area contributed by atoms with Gasteiger partial charge in [0.25, 0.3) is 0 Å². The lowest BCUT2D eigenvalue weighted by Gasteiger charge is -2.24. The number of nitrogens with zero attached hydrogens (tertiary/aromatic N) is 1. The Balaban J connectivity index is 2.46. The van der Waals surface area contributed by atoms with Crippen molar-refractivity contribution in [2.24, 2.45) is 5.41 Å². The highest BCUT2D eigenvalue weighted by Crippen LogP contribution is 2.25. The first kappa shape index (κ1) is 15.5. The van der Waals surface area contributed by atoms with Gasteiger partial charge in [0.05, 0.1) is 6.42 Å². The third-order valence-corrected chi connectivity index (χ3v) is 3.33. The molecule has 2 N–H and O–H groups in total.